The molecular weight excluding hydrogens is 520 g/mol. The number of imidazole rings is 1. The largest absolute Gasteiger partial charge is 0.361 e. The number of aromatic amines is 1. The Balaban J connectivity index is 1.29. The van der Waals surface area contributed by atoms with Crippen molar-refractivity contribution in [2.24, 2.45) is 0 Å². The zero-order valence-electron chi connectivity index (χ0n) is 23.2. The minimum absolute atomic E-state index is 0.0423. The second-order valence-corrected chi connectivity index (χ2v) is 10.4. The Bertz CT molecular complexity index is 1480. The molecule has 3 amide bonds. The van der Waals surface area contributed by atoms with Crippen LogP contribution < -0.4 is 10.6 Å². The summed E-state index contributed by atoms with van der Waals surface area (Å²) >= 11 is 0. The Morgan fingerprint density at radius 3 is 2.51 bits per heavy atom. The van der Waals surface area contributed by atoms with Gasteiger partial charge in [-0.25, -0.2) is 4.98 Å². The molecule has 0 radical (unpaired) electrons. The molecule has 5 rings (SSSR count). The van der Waals surface area contributed by atoms with Gasteiger partial charge in [-0.05, 0) is 37.8 Å². The molecule has 0 aliphatic carbocycles. The van der Waals surface area contributed by atoms with Crippen LogP contribution in [0, 0.1) is 6.92 Å². The third-order valence-electron chi connectivity index (χ3n) is 7.27. The average molecular weight is 555 g/mol. The summed E-state index contributed by atoms with van der Waals surface area (Å²) in [5.74, 6) is -0.240. The Labute approximate surface area is 238 Å². The molecule has 2 aromatic carbocycles. The van der Waals surface area contributed by atoms with Gasteiger partial charge in [0, 0.05) is 30.9 Å². The molecule has 0 spiro atoms. The standard InChI is InChI=1S/C31H34N6O4/c1-20-16-26(36-41-20)31(40)35-25(18-28(38)37-15-9-14-27(37)23-12-7-4-8-13-23)30(39)33-21(2)29-32-19-24(34-29)17-22-10-5-3-6-11-22/h3-8,10-13,16,19,21,25,27H,9,14-15,17-18H2,1-2H3,(H,32,34)(H,33,39)(H,35,40)/t21-,25?,27?/m0/s1. The first-order valence-electron chi connectivity index (χ1n) is 13.8. The Morgan fingerprint density at radius 1 is 1.07 bits per heavy atom. The topological polar surface area (TPSA) is 133 Å². The Hall–Kier alpha value is -4.73. The number of H-pyrrole nitrogens is 1. The molecule has 1 aliphatic heterocycles. The van der Waals surface area contributed by atoms with Gasteiger partial charge in [0.1, 0.15) is 17.6 Å². The molecule has 4 aromatic rings. The van der Waals surface area contributed by atoms with Crippen LogP contribution in [0.1, 0.15) is 77.2 Å². The molecule has 10 heteroatoms. The predicted molar refractivity (Wildman–Crippen MR) is 152 cm³/mol. The van der Waals surface area contributed by atoms with Crippen LogP contribution in [0.3, 0.4) is 0 Å². The van der Waals surface area contributed by atoms with Crippen molar-refractivity contribution in [2.75, 3.05) is 6.54 Å². The first-order valence-corrected chi connectivity index (χ1v) is 13.8. The second-order valence-electron chi connectivity index (χ2n) is 10.4. The van der Waals surface area contributed by atoms with Gasteiger partial charge in [-0.15, -0.1) is 0 Å². The SMILES string of the molecule is Cc1cc(C(=O)NC(CC(=O)N2CCCC2c2ccccc2)C(=O)N[C@@H](C)c2ncc(Cc3ccccc3)[nH]2)no1. The van der Waals surface area contributed by atoms with Crippen molar-refractivity contribution in [1.82, 2.24) is 30.7 Å². The van der Waals surface area contributed by atoms with E-state index in [4.69, 9.17) is 4.52 Å². The number of aryl methyl sites for hydroxylation is 1. The maximum absolute atomic E-state index is 13.5. The third-order valence-corrected chi connectivity index (χ3v) is 7.27. The summed E-state index contributed by atoms with van der Waals surface area (Å²) in [5, 5.41) is 9.36. The van der Waals surface area contributed by atoms with Gasteiger partial charge in [-0.2, -0.15) is 0 Å². The van der Waals surface area contributed by atoms with Gasteiger partial charge in [-0.3, -0.25) is 14.4 Å². The summed E-state index contributed by atoms with van der Waals surface area (Å²) in [5.41, 5.74) is 3.15. The van der Waals surface area contributed by atoms with E-state index >= 15 is 0 Å². The molecule has 3 N–H and O–H groups in total. The number of likely N-dealkylation sites (tertiary alicyclic amines) is 1. The van der Waals surface area contributed by atoms with E-state index in [-0.39, 0.29) is 24.1 Å². The number of rotatable bonds is 10. The van der Waals surface area contributed by atoms with Crippen LogP contribution in [0.25, 0.3) is 0 Å². The van der Waals surface area contributed by atoms with Crippen LogP contribution >= 0.6 is 0 Å². The van der Waals surface area contributed by atoms with Gasteiger partial charge in [-0.1, -0.05) is 65.8 Å². The van der Waals surface area contributed by atoms with E-state index in [2.05, 4.69) is 25.8 Å². The summed E-state index contributed by atoms with van der Waals surface area (Å²) in [7, 11) is 0. The van der Waals surface area contributed by atoms with Gasteiger partial charge in [0.05, 0.1) is 18.5 Å². The number of hydrogen-bond donors (Lipinski definition) is 3. The molecule has 1 fully saturated rings. The van der Waals surface area contributed by atoms with Gasteiger partial charge in [0.2, 0.25) is 11.8 Å². The van der Waals surface area contributed by atoms with E-state index in [1.165, 1.54) is 6.07 Å². The summed E-state index contributed by atoms with van der Waals surface area (Å²) in [6.07, 6.45) is 3.95. The zero-order chi connectivity index (χ0) is 28.8. The summed E-state index contributed by atoms with van der Waals surface area (Å²) in [6.45, 7) is 4.07. The highest BCUT2D eigenvalue weighted by Crippen LogP contribution is 2.32. The number of amides is 3. The van der Waals surface area contributed by atoms with Crippen LogP contribution in [0.15, 0.2) is 77.4 Å². The number of nitrogens with one attached hydrogen (secondary N) is 3. The van der Waals surface area contributed by atoms with Crippen molar-refractivity contribution >= 4 is 17.7 Å². The molecule has 10 nitrogen and oxygen atoms in total. The molecule has 1 aliphatic rings. The third kappa shape index (κ3) is 6.89. The van der Waals surface area contributed by atoms with E-state index in [1.54, 1.807) is 24.9 Å². The second kappa shape index (κ2) is 12.6. The van der Waals surface area contributed by atoms with Crippen molar-refractivity contribution < 1.29 is 18.9 Å². The highest BCUT2D eigenvalue weighted by Gasteiger charge is 2.34. The molecule has 212 valence electrons. The summed E-state index contributed by atoms with van der Waals surface area (Å²) in [4.78, 5) is 49.5. The maximum Gasteiger partial charge on any atom is 0.274 e. The highest BCUT2D eigenvalue weighted by atomic mass is 16.5. The fraction of sp³-hybridized carbons (Fsp3) is 0.323. The molecule has 0 saturated carbocycles. The summed E-state index contributed by atoms with van der Waals surface area (Å²) < 4.78 is 5.02. The molecule has 2 unspecified atom stereocenters. The lowest BCUT2D eigenvalue weighted by molar-refractivity contribution is -0.135. The molecular formula is C31H34N6O4. The van der Waals surface area contributed by atoms with Crippen LogP contribution in [-0.4, -0.2) is 50.3 Å². The van der Waals surface area contributed by atoms with Crippen LogP contribution in [0.2, 0.25) is 0 Å². The lowest BCUT2D eigenvalue weighted by Crippen LogP contribution is -2.50. The number of nitrogens with zero attached hydrogens (tertiary/aromatic N) is 3. The van der Waals surface area contributed by atoms with E-state index < -0.39 is 23.9 Å². The number of benzene rings is 2. The smallest absolute Gasteiger partial charge is 0.274 e. The lowest BCUT2D eigenvalue weighted by atomic mass is 10.0. The fourth-order valence-corrected chi connectivity index (χ4v) is 5.18. The predicted octanol–water partition coefficient (Wildman–Crippen LogP) is 4.03. The molecule has 0 bridgehead atoms. The monoisotopic (exact) mass is 554 g/mol. The van der Waals surface area contributed by atoms with Crippen molar-refractivity contribution in [3.8, 4) is 0 Å². The highest BCUT2D eigenvalue weighted by molar-refractivity contribution is 5.97. The van der Waals surface area contributed by atoms with Gasteiger partial charge < -0.3 is 25.0 Å². The Morgan fingerprint density at radius 2 is 1.80 bits per heavy atom. The number of carbonyl (C=O) groups excluding carboxylic acids is 3. The number of carbonyl (C=O) groups is 3. The fourth-order valence-electron chi connectivity index (χ4n) is 5.18. The van der Waals surface area contributed by atoms with E-state index in [9.17, 15) is 14.4 Å². The van der Waals surface area contributed by atoms with Crippen molar-refractivity contribution in [3.05, 3.63) is 107 Å². The lowest BCUT2D eigenvalue weighted by Gasteiger charge is -2.27. The number of aromatic nitrogens is 3. The minimum Gasteiger partial charge on any atom is -0.361 e. The van der Waals surface area contributed by atoms with Crippen LogP contribution in [0.4, 0.5) is 0 Å². The van der Waals surface area contributed by atoms with Gasteiger partial charge in [0.15, 0.2) is 5.69 Å². The van der Waals surface area contributed by atoms with Crippen molar-refractivity contribution in [1.29, 1.82) is 0 Å². The minimum atomic E-state index is -1.12. The molecule has 1 saturated heterocycles. The molecule has 41 heavy (non-hydrogen) atoms. The molecule has 3 heterocycles. The van der Waals surface area contributed by atoms with E-state index in [1.807, 2.05) is 60.7 Å². The maximum atomic E-state index is 13.5. The van der Waals surface area contributed by atoms with Crippen LogP contribution in [0.5, 0.6) is 0 Å². The van der Waals surface area contributed by atoms with Crippen molar-refractivity contribution in [3.63, 3.8) is 0 Å². The average Bonchev–Trinajstić information content (AvgIpc) is 3.75. The quantitative estimate of drug-likeness (QED) is 0.271. The van der Waals surface area contributed by atoms with E-state index in [0.717, 1.165) is 29.7 Å². The van der Waals surface area contributed by atoms with Crippen molar-refractivity contribution in [2.45, 2.75) is 57.7 Å². The van der Waals surface area contributed by atoms with Gasteiger partial charge in [0.25, 0.3) is 5.91 Å². The van der Waals surface area contributed by atoms with Crippen LogP contribution in [-0.2, 0) is 16.0 Å². The summed E-state index contributed by atoms with van der Waals surface area (Å²) in [6, 6.07) is 19.7. The molecule has 2 aromatic heterocycles. The van der Waals surface area contributed by atoms with E-state index in [0.29, 0.717) is 24.6 Å². The zero-order valence-corrected chi connectivity index (χ0v) is 23.2. The first kappa shape index (κ1) is 27.8. The Kier molecular flexibility index (Phi) is 8.57. The normalized spacial score (nSPS) is 16.2. The van der Waals surface area contributed by atoms with Gasteiger partial charge >= 0.3 is 0 Å². The molecule has 3 atom stereocenters. The first-order chi connectivity index (χ1) is 19.9. The number of hydrogen-bond acceptors (Lipinski definition) is 6.